The quantitative estimate of drug-likeness (QED) is 0.192. The Morgan fingerprint density at radius 1 is 1.02 bits per heavy atom. The third-order valence-corrected chi connectivity index (χ3v) is 5.81. The molecule has 0 amide bonds. The molecule has 40 heavy (non-hydrogen) atoms. The van der Waals surface area contributed by atoms with E-state index in [1.54, 1.807) is 12.1 Å². The Bertz CT molecular complexity index is 1220. The first-order chi connectivity index (χ1) is 19.0. The summed E-state index contributed by atoms with van der Waals surface area (Å²) in [6, 6.07) is 10.2. The van der Waals surface area contributed by atoms with Crippen molar-refractivity contribution in [2.24, 2.45) is 10.3 Å². The molecule has 15 heteroatoms. The molecule has 3 rings (SSSR count). The highest BCUT2D eigenvalue weighted by molar-refractivity contribution is 6.42. The zero-order valence-corrected chi connectivity index (χ0v) is 20.9. The second kappa shape index (κ2) is 13.6. The lowest BCUT2D eigenvalue weighted by Gasteiger charge is -2.39. The third-order valence-electron chi connectivity index (χ3n) is 5.81. The van der Waals surface area contributed by atoms with Gasteiger partial charge in [0.1, 0.15) is 43.8 Å². The highest BCUT2D eigenvalue weighted by Crippen LogP contribution is 2.30. The fourth-order valence-corrected chi connectivity index (χ4v) is 3.76. The van der Waals surface area contributed by atoms with Crippen LogP contribution in [0.15, 0.2) is 58.8 Å². The number of aliphatic hydroxyl groups is 4. The lowest BCUT2D eigenvalue weighted by Crippen LogP contribution is -2.59. The van der Waals surface area contributed by atoms with Crippen molar-refractivity contribution in [3.05, 3.63) is 70.8 Å². The summed E-state index contributed by atoms with van der Waals surface area (Å²) in [7, 11) is 1.17. The van der Waals surface area contributed by atoms with Crippen LogP contribution in [-0.4, -0.2) is 94.0 Å². The summed E-state index contributed by atoms with van der Waals surface area (Å²) >= 11 is 0. The number of rotatable bonds is 11. The van der Waals surface area contributed by atoms with E-state index in [9.17, 15) is 43.5 Å². The van der Waals surface area contributed by atoms with Crippen molar-refractivity contribution in [3.63, 3.8) is 0 Å². The molecule has 1 fully saturated rings. The molecule has 12 nitrogen and oxygen atoms in total. The third kappa shape index (κ3) is 7.53. The van der Waals surface area contributed by atoms with Crippen LogP contribution >= 0.6 is 0 Å². The van der Waals surface area contributed by atoms with Crippen LogP contribution in [0.2, 0.25) is 0 Å². The standard InChI is InChI=1S/C25H27F3N2O10/c1-37-30-19(23(35)36)16-8-3-2-5-14(16)11-39-29-17(13-6-4-7-15(9-13)25(26,27)28)12-38-24-22(34)21(33)20(32)18(10-31)40-24/h2-9,18,20-22,24,31-34H,10-12H2,1H3,(H,35,36)/b29-17+,30-19+/t18-,20-,21+,22-,24-/m1/s1. The maximum Gasteiger partial charge on any atom is 0.416 e. The lowest BCUT2D eigenvalue weighted by atomic mass is 9.99. The van der Waals surface area contributed by atoms with Gasteiger partial charge in [-0.05, 0) is 12.1 Å². The van der Waals surface area contributed by atoms with E-state index < -0.39 is 67.3 Å². The first kappa shape index (κ1) is 30.9. The molecule has 1 saturated heterocycles. The average molecular weight is 572 g/mol. The molecular formula is C25H27F3N2O10. The van der Waals surface area contributed by atoms with Crippen molar-refractivity contribution in [1.82, 2.24) is 0 Å². The summed E-state index contributed by atoms with van der Waals surface area (Å²) < 4.78 is 50.8. The number of benzene rings is 2. The Morgan fingerprint density at radius 2 is 1.75 bits per heavy atom. The Hall–Kier alpha value is -3.60. The molecule has 0 saturated carbocycles. The van der Waals surface area contributed by atoms with Crippen molar-refractivity contribution in [3.8, 4) is 0 Å². The summed E-state index contributed by atoms with van der Waals surface area (Å²) in [6.45, 7) is -1.65. The highest BCUT2D eigenvalue weighted by Gasteiger charge is 2.44. The van der Waals surface area contributed by atoms with Gasteiger partial charge in [0.05, 0.1) is 18.8 Å². The Kier molecular flexibility index (Phi) is 10.6. The fourth-order valence-electron chi connectivity index (χ4n) is 3.76. The van der Waals surface area contributed by atoms with Gasteiger partial charge in [0.2, 0.25) is 0 Å². The molecular weight excluding hydrogens is 545 g/mol. The molecule has 218 valence electrons. The second-order valence-corrected chi connectivity index (χ2v) is 8.48. The minimum Gasteiger partial charge on any atom is -0.476 e. The molecule has 2 aromatic carbocycles. The van der Waals surface area contributed by atoms with Gasteiger partial charge < -0.3 is 44.7 Å². The van der Waals surface area contributed by atoms with Crippen molar-refractivity contribution >= 4 is 17.4 Å². The molecule has 0 bridgehead atoms. The first-order valence-corrected chi connectivity index (χ1v) is 11.7. The van der Waals surface area contributed by atoms with E-state index in [4.69, 9.17) is 14.3 Å². The Morgan fingerprint density at radius 3 is 2.40 bits per heavy atom. The number of halogens is 3. The lowest BCUT2D eigenvalue weighted by molar-refractivity contribution is -0.297. The molecule has 0 spiro atoms. The van der Waals surface area contributed by atoms with Crippen LogP contribution in [0.5, 0.6) is 0 Å². The number of alkyl halides is 3. The van der Waals surface area contributed by atoms with Gasteiger partial charge in [-0.3, -0.25) is 0 Å². The summed E-state index contributed by atoms with van der Waals surface area (Å²) in [6.07, 6.45) is -12.7. The SMILES string of the molecule is CO/N=C(/C(=O)O)c1ccccc1CO/N=C(\CO[C@@H]1O[C@H](CO)[C@@H](O)[C@H](O)[C@H]1O)c1cccc(C(F)(F)F)c1. The van der Waals surface area contributed by atoms with Crippen molar-refractivity contribution in [2.45, 2.75) is 43.5 Å². The first-order valence-electron chi connectivity index (χ1n) is 11.7. The number of carboxylic acid groups (broad SMARTS) is 1. The monoisotopic (exact) mass is 572 g/mol. The van der Waals surface area contributed by atoms with Crippen LogP contribution < -0.4 is 0 Å². The maximum atomic E-state index is 13.3. The van der Waals surface area contributed by atoms with Gasteiger partial charge in [0, 0.05) is 16.7 Å². The molecule has 0 aromatic heterocycles. The van der Waals surface area contributed by atoms with Gasteiger partial charge in [-0.25, -0.2) is 4.79 Å². The molecule has 5 atom stereocenters. The number of nitrogens with zero attached hydrogens (tertiary/aromatic N) is 2. The Balaban J connectivity index is 1.88. The molecule has 1 aliphatic heterocycles. The van der Waals surface area contributed by atoms with Crippen LogP contribution in [0.4, 0.5) is 13.2 Å². The number of carbonyl (C=O) groups is 1. The molecule has 5 N–H and O–H groups in total. The molecule has 0 radical (unpaired) electrons. The zero-order valence-electron chi connectivity index (χ0n) is 20.9. The predicted molar refractivity (Wildman–Crippen MR) is 130 cm³/mol. The number of hydrogen-bond acceptors (Lipinski definition) is 11. The number of oxime groups is 2. The van der Waals surface area contributed by atoms with Crippen LogP contribution in [-0.2, 0) is 36.7 Å². The largest absolute Gasteiger partial charge is 0.476 e. The van der Waals surface area contributed by atoms with E-state index in [-0.39, 0.29) is 23.4 Å². The van der Waals surface area contributed by atoms with E-state index >= 15 is 0 Å². The number of aliphatic carboxylic acids is 1. The van der Waals surface area contributed by atoms with Crippen molar-refractivity contribution < 1.29 is 62.6 Å². The van der Waals surface area contributed by atoms with Gasteiger partial charge in [-0.2, -0.15) is 13.2 Å². The number of hydrogen-bond donors (Lipinski definition) is 5. The van der Waals surface area contributed by atoms with E-state index in [0.29, 0.717) is 5.56 Å². The topological polar surface area (TPSA) is 180 Å². The fraction of sp³-hybridized carbons (Fsp3) is 0.400. The van der Waals surface area contributed by atoms with Gasteiger partial charge in [0.25, 0.3) is 0 Å². The number of carboxylic acids is 1. The molecule has 0 aliphatic carbocycles. The second-order valence-electron chi connectivity index (χ2n) is 8.48. The van der Waals surface area contributed by atoms with E-state index in [1.807, 2.05) is 0 Å². The minimum atomic E-state index is -4.67. The maximum absolute atomic E-state index is 13.3. The highest BCUT2D eigenvalue weighted by atomic mass is 19.4. The van der Waals surface area contributed by atoms with Gasteiger partial charge in [0.15, 0.2) is 12.0 Å². The van der Waals surface area contributed by atoms with Crippen LogP contribution in [0, 0.1) is 0 Å². The summed E-state index contributed by atoms with van der Waals surface area (Å²) in [5.41, 5.74) is -1.22. The molecule has 0 unspecified atom stereocenters. The van der Waals surface area contributed by atoms with Crippen molar-refractivity contribution in [2.75, 3.05) is 20.3 Å². The van der Waals surface area contributed by atoms with E-state index in [2.05, 4.69) is 15.1 Å². The smallest absolute Gasteiger partial charge is 0.416 e. The van der Waals surface area contributed by atoms with Crippen LogP contribution in [0.3, 0.4) is 0 Å². The number of ether oxygens (including phenoxy) is 2. The zero-order chi connectivity index (χ0) is 29.4. The van der Waals surface area contributed by atoms with Gasteiger partial charge >= 0.3 is 12.1 Å². The predicted octanol–water partition coefficient (Wildman–Crippen LogP) is 0.878. The van der Waals surface area contributed by atoms with Gasteiger partial charge in [-0.1, -0.05) is 46.7 Å². The van der Waals surface area contributed by atoms with Crippen molar-refractivity contribution in [1.29, 1.82) is 0 Å². The minimum absolute atomic E-state index is 0.0696. The Labute approximate surface area is 225 Å². The summed E-state index contributed by atoms with van der Waals surface area (Å²) in [5.74, 6) is -1.38. The molecule has 1 aliphatic rings. The van der Waals surface area contributed by atoms with E-state index in [1.165, 1.54) is 25.3 Å². The normalized spacial score (nSPS) is 24.1. The summed E-state index contributed by atoms with van der Waals surface area (Å²) in [4.78, 5) is 21.6. The average Bonchev–Trinajstić information content (AvgIpc) is 2.93. The summed E-state index contributed by atoms with van der Waals surface area (Å²) in [5, 5.41) is 56.3. The molecule has 1 heterocycles. The van der Waals surface area contributed by atoms with Crippen LogP contribution in [0.25, 0.3) is 0 Å². The molecule has 2 aromatic rings. The van der Waals surface area contributed by atoms with Gasteiger partial charge in [-0.15, -0.1) is 0 Å². The number of aliphatic hydroxyl groups excluding tert-OH is 4. The van der Waals surface area contributed by atoms with Crippen LogP contribution in [0.1, 0.15) is 22.3 Å². The van der Waals surface area contributed by atoms with E-state index in [0.717, 1.165) is 18.2 Å².